The van der Waals surface area contributed by atoms with E-state index < -0.39 is 0 Å². The SMILES string of the molecule is COc1ccc([C@@H](N)C2CCOCC2)c(OC)c1.Cl. The summed E-state index contributed by atoms with van der Waals surface area (Å²) in [4.78, 5) is 0. The van der Waals surface area contributed by atoms with E-state index in [0.717, 1.165) is 43.1 Å². The van der Waals surface area contributed by atoms with Crippen LogP contribution in [-0.2, 0) is 4.74 Å². The van der Waals surface area contributed by atoms with Crippen LogP contribution in [0.5, 0.6) is 11.5 Å². The number of ether oxygens (including phenoxy) is 3. The molecule has 1 aliphatic rings. The second-order valence-electron chi connectivity index (χ2n) is 4.58. The van der Waals surface area contributed by atoms with Crippen LogP contribution in [0.1, 0.15) is 24.4 Å². The molecule has 5 heteroatoms. The summed E-state index contributed by atoms with van der Waals surface area (Å²) in [6.45, 7) is 1.60. The van der Waals surface area contributed by atoms with Crippen LogP contribution in [-0.4, -0.2) is 27.4 Å². The molecule has 0 saturated carbocycles. The molecule has 0 aromatic heterocycles. The molecule has 2 rings (SSSR count). The van der Waals surface area contributed by atoms with Crippen molar-refractivity contribution in [1.82, 2.24) is 0 Å². The zero-order valence-corrected chi connectivity index (χ0v) is 12.2. The van der Waals surface area contributed by atoms with Crippen molar-refractivity contribution < 1.29 is 14.2 Å². The van der Waals surface area contributed by atoms with Crippen molar-refractivity contribution >= 4 is 12.4 Å². The van der Waals surface area contributed by atoms with Crippen LogP contribution in [0.4, 0.5) is 0 Å². The van der Waals surface area contributed by atoms with Gasteiger partial charge < -0.3 is 19.9 Å². The first-order valence-electron chi connectivity index (χ1n) is 6.31. The number of rotatable bonds is 4. The van der Waals surface area contributed by atoms with Crippen LogP contribution in [0.15, 0.2) is 18.2 Å². The van der Waals surface area contributed by atoms with Gasteiger partial charge in [-0.15, -0.1) is 12.4 Å². The zero-order valence-electron chi connectivity index (χ0n) is 11.4. The lowest BCUT2D eigenvalue weighted by molar-refractivity contribution is 0.0581. The summed E-state index contributed by atoms with van der Waals surface area (Å²) >= 11 is 0. The molecule has 1 heterocycles. The lowest BCUT2D eigenvalue weighted by atomic mass is 9.87. The lowest BCUT2D eigenvalue weighted by Crippen LogP contribution is -2.27. The smallest absolute Gasteiger partial charge is 0.127 e. The van der Waals surface area contributed by atoms with E-state index in [1.807, 2.05) is 18.2 Å². The van der Waals surface area contributed by atoms with Crippen LogP contribution in [0, 0.1) is 5.92 Å². The van der Waals surface area contributed by atoms with Crippen molar-refractivity contribution in [2.75, 3.05) is 27.4 Å². The Hall–Kier alpha value is -0.970. The second kappa shape index (κ2) is 7.58. The number of hydrogen-bond acceptors (Lipinski definition) is 4. The van der Waals surface area contributed by atoms with Gasteiger partial charge in [-0.25, -0.2) is 0 Å². The molecule has 1 fully saturated rings. The first-order valence-corrected chi connectivity index (χ1v) is 6.31. The van der Waals surface area contributed by atoms with E-state index >= 15 is 0 Å². The fourth-order valence-electron chi connectivity index (χ4n) is 2.42. The summed E-state index contributed by atoms with van der Waals surface area (Å²) in [6, 6.07) is 5.80. The highest BCUT2D eigenvalue weighted by Gasteiger charge is 2.24. The number of benzene rings is 1. The van der Waals surface area contributed by atoms with Crippen molar-refractivity contribution in [2.45, 2.75) is 18.9 Å². The highest BCUT2D eigenvalue weighted by molar-refractivity contribution is 5.85. The summed E-state index contributed by atoms with van der Waals surface area (Å²) in [6.07, 6.45) is 2.02. The van der Waals surface area contributed by atoms with Crippen LogP contribution in [0.25, 0.3) is 0 Å². The molecule has 1 aromatic rings. The number of nitrogens with two attached hydrogens (primary N) is 1. The number of methoxy groups -OCH3 is 2. The summed E-state index contributed by atoms with van der Waals surface area (Å²) in [5.74, 6) is 2.05. The van der Waals surface area contributed by atoms with Crippen molar-refractivity contribution in [1.29, 1.82) is 0 Å². The van der Waals surface area contributed by atoms with Crippen molar-refractivity contribution in [3.63, 3.8) is 0 Å². The second-order valence-corrected chi connectivity index (χ2v) is 4.58. The van der Waals surface area contributed by atoms with Crippen molar-refractivity contribution in [3.05, 3.63) is 23.8 Å². The highest BCUT2D eigenvalue weighted by atomic mass is 35.5. The molecule has 0 radical (unpaired) electrons. The third-order valence-corrected chi connectivity index (χ3v) is 3.57. The van der Waals surface area contributed by atoms with E-state index in [-0.39, 0.29) is 18.4 Å². The lowest BCUT2D eigenvalue weighted by Gasteiger charge is -2.28. The first-order chi connectivity index (χ1) is 8.76. The maximum atomic E-state index is 6.36. The van der Waals surface area contributed by atoms with Crippen molar-refractivity contribution in [2.24, 2.45) is 11.7 Å². The summed E-state index contributed by atoms with van der Waals surface area (Å²) < 4.78 is 16.0. The maximum Gasteiger partial charge on any atom is 0.127 e. The van der Waals surface area contributed by atoms with Gasteiger partial charge >= 0.3 is 0 Å². The van der Waals surface area contributed by atoms with Gasteiger partial charge in [-0.1, -0.05) is 6.07 Å². The van der Waals surface area contributed by atoms with E-state index in [1.54, 1.807) is 14.2 Å². The Morgan fingerprint density at radius 2 is 1.89 bits per heavy atom. The van der Waals surface area contributed by atoms with Crippen LogP contribution in [0.2, 0.25) is 0 Å². The topological polar surface area (TPSA) is 53.7 Å². The summed E-state index contributed by atoms with van der Waals surface area (Å²) in [5.41, 5.74) is 7.41. The summed E-state index contributed by atoms with van der Waals surface area (Å²) in [5, 5.41) is 0. The van der Waals surface area contributed by atoms with Gasteiger partial charge in [-0.05, 0) is 24.8 Å². The minimum absolute atomic E-state index is 0. The normalized spacial score (nSPS) is 17.4. The van der Waals surface area contributed by atoms with Gasteiger partial charge in [0, 0.05) is 30.9 Å². The minimum atomic E-state index is -0.00486. The third kappa shape index (κ3) is 3.75. The molecule has 0 spiro atoms. The molecular formula is C14H22ClNO3. The monoisotopic (exact) mass is 287 g/mol. The molecular weight excluding hydrogens is 266 g/mol. The number of halogens is 1. The van der Waals surface area contributed by atoms with Gasteiger partial charge in [-0.2, -0.15) is 0 Å². The molecule has 0 aliphatic carbocycles. The molecule has 0 bridgehead atoms. The predicted molar refractivity (Wildman–Crippen MR) is 77.3 cm³/mol. The van der Waals surface area contributed by atoms with E-state index in [2.05, 4.69) is 0 Å². The van der Waals surface area contributed by atoms with Gasteiger partial charge in [0.05, 0.1) is 14.2 Å². The maximum absolute atomic E-state index is 6.36. The van der Waals surface area contributed by atoms with Crippen molar-refractivity contribution in [3.8, 4) is 11.5 Å². The van der Waals surface area contributed by atoms with E-state index in [1.165, 1.54) is 0 Å². The van der Waals surface area contributed by atoms with E-state index in [9.17, 15) is 0 Å². The van der Waals surface area contributed by atoms with Gasteiger partial charge in [0.15, 0.2) is 0 Å². The molecule has 1 saturated heterocycles. The molecule has 1 atom stereocenters. The van der Waals surface area contributed by atoms with Crippen LogP contribution in [0.3, 0.4) is 0 Å². The average Bonchev–Trinajstić information content (AvgIpc) is 2.46. The molecule has 0 amide bonds. The minimum Gasteiger partial charge on any atom is -0.497 e. The highest BCUT2D eigenvalue weighted by Crippen LogP contribution is 2.35. The average molecular weight is 288 g/mol. The summed E-state index contributed by atoms with van der Waals surface area (Å²) in [7, 11) is 3.31. The van der Waals surface area contributed by atoms with Gasteiger partial charge in [0.2, 0.25) is 0 Å². The molecule has 0 unspecified atom stereocenters. The molecule has 1 aliphatic heterocycles. The first kappa shape index (κ1) is 16.1. The molecule has 19 heavy (non-hydrogen) atoms. The Labute approximate surface area is 120 Å². The standard InChI is InChI=1S/C14H21NO3.ClH/c1-16-11-3-4-12(13(9-11)17-2)14(15)10-5-7-18-8-6-10;/h3-4,9-10,14H,5-8,15H2,1-2H3;1H/t14-;/m0./s1. The quantitative estimate of drug-likeness (QED) is 0.925. The number of hydrogen-bond donors (Lipinski definition) is 1. The Morgan fingerprint density at radius 1 is 1.21 bits per heavy atom. The Morgan fingerprint density at radius 3 is 2.47 bits per heavy atom. The van der Waals surface area contributed by atoms with Crippen LogP contribution < -0.4 is 15.2 Å². The fourth-order valence-corrected chi connectivity index (χ4v) is 2.42. The Kier molecular flexibility index (Phi) is 6.42. The van der Waals surface area contributed by atoms with Crippen LogP contribution >= 0.6 is 12.4 Å². The molecule has 1 aromatic carbocycles. The molecule has 4 nitrogen and oxygen atoms in total. The Balaban J connectivity index is 0.00000180. The largest absolute Gasteiger partial charge is 0.497 e. The predicted octanol–water partition coefficient (Wildman–Crippen LogP) is 2.55. The van der Waals surface area contributed by atoms with Gasteiger partial charge in [0.25, 0.3) is 0 Å². The molecule has 2 N–H and O–H groups in total. The van der Waals surface area contributed by atoms with E-state index in [0.29, 0.717) is 5.92 Å². The van der Waals surface area contributed by atoms with Gasteiger partial charge in [-0.3, -0.25) is 0 Å². The third-order valence-electron chi connectivity index (χ3n) is 3.57. The van der Waals surface area contributed by atoms with Gasteiger partial charge in [0.1, 0.15) is 11.5 Å². The molecule has 108 valence electrons. The fraction of sp³-hybridized carbons (Fsp3) is 0.571. The zero-order chi connectivity index (χ0) is 13.0. The van der Waals surface area contributed by atoms with E-state index in [4.69, 9.17) is 19.9 Å². The Bertz CT molecular complexity index is 394.